The van der Waals surface area contributed by atoms with Gasteiger partial charge in [-0.25, -0.2) is 4.99 Å². The zero-order valence-corrected chi connectivity index (χ0v) is 19.6. The lowest BCUT2D eigenvalue weighted by Crippen LogP contribution is -2.41. The Balaban J connectivity index is 1.49. The number of benzene rings is 2. The summed E-state index contributed by atoms with van der Waals surface area (Å²) in [4.78, 5) is 4.75. The minimum absolute atomic E-state index is 0.0197. The number of nitrogens with one attached hydrogen (secondary N) is 2. The maximum Gasteiger partial charge on any atom is 0.191 e. The number of aliphatic imine (C=N–C) groups is 1. The van der Waals surface area contributed by atoms with Crippen molar-refractivity contribution in [3.8, 4) is 5.75 Å². The Morgan fingerprint density at radius 2 is 1.88 bits per heavy atom. The van der Waals surface area contributed by atoms with E-state index in [0.717, 1.165) is 44.3 Å². The van der Waals surface area contributed by atoms with Crippen LogP contribution in [0.25, 0.3) is 0 Å². The molecule has 1 aliphatic heterocycles. The van der Waals surface area contributed by atoms with Crippen LogP contribution in [-0.4, -0.2) is 44.5 Å². The average Bonchev–Trinajstić information content (AvgIpc) is 2.80. The van der Waals surface area contributed by atoms with Crippen LogP contribution in [0, 0.1) is 6.92 Å². The molecule has 0 radical (unpaired) electrons. The smallest absolute Gasteiger partial charge is 0.191 e. The molecular weight excluding hydrogens is 402 g/mol. The lowest BCUT2D eigenvalue weighted by atomic mass is 10.1. The molecule has 174 valence electrons. The monoisotopic (exact) mass is 439 g/mol. The van der Waals surface area contributed by atoms with Gasteiger partial charge in [-0.3, -0.25) is 0 Å². The van der Waals surface area contributed by atoms with Crippen LogP contribution in [0.5, 0.6) is 5.75 Å². The summed E-state index contributed by atoms with van der Waals surface area (Å²) in [5.41, 5.74) is 3.54. The normalized spacial score (nSPS) is 15.9. The molecule has 1 fully saturated rings. The number of guanidine groups is 1. The van der Waals surface area contributed by atoms with E-state index in [4.69, 9.17) is 19.2 Å². The summed E-state index contributed by atoms with van der Waals surface area (Å²) in [6.45, 7) is 10.5. The van der Waals surface area contributed by atoms with Gasteiger partial charge in [0.1, 0.15) is 11.9 Å². The van der Waals surface area contributed by atoms with Gasteiger partial charge in [-0.15, -0.1) is 0 Å². The molecule has 2 N–H and O–H groups in total. The second-order valence-corrected chi connectivity index (χ2v) is 8.26. The number of aryl methyl sites for hydroxylation is 1. The first-order chi connectivity index (χ1) is 15.6. The third kappa shape index (κ3) is 8.52. The Morgan fingerprint density at radius 1 is 1.09 bits per heavy atom. The van der Waals surface area contributed by atoms with E-state index in [2.05, 4.69) is 67.8 Å². The summed E-state index contributed by atoms with van der Waals surface area (Å²) >= 11 is 0. The first-order valence-electron chi connectivity index (χ1n) is 11.6. The van der Waals surface area contributed by atoms with E-state index in [-0.39, 0.29) is 6.10 Å². The number of ether oxygens (including phenoxy) is 3. The van der Waals surface area contributed by atoms with Crippen LogP contribution in [0.3, 0.4) is 0 Å². The SMILES string of the molecule is CCNC(=NCc1cccc(COC2CCOCC2)c1)NCC(C)Oc1cccc(C)c1. The highest BCUT2D eigenvalue weighted by molar-refractivity contribution is 5.79. The van der Waals surface area contributed by atoms with Crippen molar-refractivity contribution < 1.29 is 14.2 Å². The first-order valence-corrected chi connectivity index (χ1v) is 11.6. The van der Waals surface area contributed by atoms with Gasteiger partial charge in [-0.1, -0.05) is 36.4 Å². The van der Waals surface area contributed by atoms with Crippen molar-refractivity contribution in [1.29, 1.82) is 0 Å². The zero-order valence-electron chi connectivity index (χ0n) is 19.6. The Labute approximate surface area is 192 Å². The number of nitrogens with zero attached hydrogens (tertiary/aromatic N) is 1. The van der Waals surface area contributed by atoms with Gasteiger partial charge >= 0.3 is 0 Å². The van der Waals surface area contributed by atoms with Gasteiger partial charge in [-0.05, 0) is 62.4 Å². The second kappa shape index (κ2) is 13.1. The highest BCUT2D eigenvalue weighted by atomic mass is 16.5. The van der Waals surface area contributed by atoms with Crippen LogP contribution in [0.15, 0.2) is 53.5 Å². The van der Waals surface area contributed by atoms with Gasteiger partial charge in [0.2, 0.25) is 0 Å². The molecule has 1 atom stereocenters. The second-order valence-electron chi connectivity index (χ2n) is 8.26. The molecule has 0 bridgehead atoms. The molecule has 1 heterocycles. The molecule has 0 aliphatic carbocycles. The van der Waals surface area contributed by atoms with Crippen molar-refractivity contribution in [1.82, 2.24) is 10.6 Å². The molecule has 3 rings (SSSR count). The van der Waals surface area contributed by atoms with E-state index in [9.17, 15) is 0 Å². The van der Waals surface area contributed by atoms with Crippen molar-refractivity contribution >= 4 is 5.96 Å². The van der Waals surface area contributed by atoms with Crippen molar-refractivity contribution in [2.45, 2.75) is 59.0 Å². The van der Waals surface area contributed by atoms with Gasteiger partial charge in [-0.2, -0.15) is 0 Å². The van der Waals surface area contributed by atoms with Crippen LogP contribution < -0.4 is 15.4 Å². The van der Waals surface area contributed by atoms with Crippen molar-refractivity contribution in [2.75, 3.05) is 26.3 Å². The summed E-state index contributed by atoms with van der Waals surface area (Å²) in [6, 6.07) is 16.6. The average molecular weight is 440 g/mol. The molecule has 0 saturated carbocycles. The van der Waals surface area contributed by atoms with E-state index in [1.54, 1.807) is 0 Å². The zero-order chi connectivity index (χ0) is 22.6. The van der Waals surface area contributed by atoms with Crippen molar-refractivity contribution in [3.05, 3.63) is 65.2 Å². The van der Waals surface area contributed by atoms with E-state index < -0.39 is 0 Å². The van der Waals surface area contributed by atoms with Crippen LogP contribution in [0.4, 0.5) is 0 Å². The minimum Gasteiger partial charge on any atom is -0.489 e. The lowest BCUT2D eigenvalue weighted by Gasteiger charge is -2.22. The summed E-state index contributed by atoms with van der Waals surface area (Å²) in [6.07, 6.45) is 2.28. The van der Waals surface area contributed by atoms with Gasteiger partial charge in [0, 0.05) is 19.8 Å². The molecule has 1 aliphatic rings. The minimum atomic E-state index is 0.0197. The van der Waals surface area contributed by atoms with Crippen LogP contribution in [0.2, 0.25) is 0 Å². The summed E-state index contributed by atoms with van der Waals surface area (Å²) in [5, 5.41) is 6.70. The van der Waals surface area contributed by atoms with Gasteiger partial charge < -0.3 is 24.8 Å². The van der Waals surface area contributed by atoms with Crippen molar-refractivity contribution in [2.24, 2.45) is 4.99 Å². The molecule has 2 aromatic rings. The van der Waals surface area contributed by atoms with Gasteiger partial charge in [0.15, 0.2) is 5.96 Å². The standard InChI is InChI=1S/C26H37N3O3/c1-4-27-26(28-17-21(3)32-25-10-5-7-20(2)15-25)29-18-22-8-6-9-23(16-22)19-31-24-11-13-30-14-12-24/h5-10,15-16,21,24H,4,11-14,17-19H2,1-3H3,(H2,27,28,29). The molecule has 6 nitrogen and oxygen atoms in total. The lowest BCUT2D eigenvalue weighted by molar-refractivity contribution is -0.0390. The number of hydrogen-bond acceptors (Lipinski definition) is 4. The maximum atomic E-state index is 6.05. The fourth-order valence-electron chi connectivity index (χ4n) is 3.59. The Kier molecular flexibility index (Phi) is 9.85. The third-order valence-corrected chi connectivity index (χ3v) is 5.29. The van der Waals surface area contributed by atoms with Crippen LogP contribution >= 0.6 is 0 Å². The van der Waals surface area contributed by atoms with E-state index in [0.29, 0.717) is 25.8 Å². The summed E-state index contributed by atoms with van der Waals surface area (Å²) < 4.78 is 17.5. The van der Waals surface area contributed by atoms with Gasteiger partial charge in [0.25, 0.3) is 0 Å². The molecule has 1 unspecified atom stereocenters. The predicted octanol–water partition coefficient (Wildman–Crippen LogP) is 4.21. The van der Waals surface area contributed by atoms with E-state index in [1.165, 1.54) is 16.7 Å². The fraction of sp³-hybridized carbons (Fsp3) is 0.500. The summed E-state index contributed by atoms with van der Waals surface area (Å²) in [7, 11) is 0. The van der Waals surface area contributed by atoms with E-state index in [1.807, 2.05) is 12.1 Å². The molecule has 0 aromatic heterocycles. The highest BCUT2D eigenvalue weighted by Crippen LogP contribution is 2.15. The third-order valence-electron chi connectivity index (χ3n) is 5.29. The molecule has 2 aromatic carbocycles. The molecule has 0 amide bonds. The topological polar surface area (TPSA) is 64.1 Å². The highest BCUT2D eigenvalue weighted by Gasteiger charge is 2.14. The Morgan fingerprint density at radius 3 is 2.66 bits per heavy atom. The largest absolute Gasteiger partial charge is 0.489 e. The Bertz CT molecular complexity index is 850. The Hall–Kier alpha value is -2.57. The number of hydrogen-bond donors (Lipinski definition) is 2. The predicted molar refractivity (Wildman–Crippen MR) is 129 cm³/mol. The van der Waals surface area contributed by atoms with Crippen molar-refractivity contribution in [3.63, 3.8) is 0 Å². The molecular formula is C26H37N3O3. The van der Waals surface area contributed by atoms with Crippen LogP contribution in [-0.2, 0) is 22.6 Å². The van der Waals surface area contributed by atoms with Crippen LogP contribution in [0.1, 0.15) is 43.4 Å². The molecule has 6 heteroatoms. The number of rotatable bonds is 10. The fourth-order valence-corrected chi connectivity index (χ4v) is 3.59. The molecule has 0 spiro atoms. The maximum absolute atomic E-state index is 6.05. The van der Waals surface area contributed by atoms with Gasteiger partial charge in [0.05, 0.1) is 25.8 Å². The quantitative estimate of drug-likeness (QED) is 0.429. The molecule has 1 saturated heterocycles. The summed E-state index contributed by atoms with van der Waals surface area (Å²) in [5.74, 6) is 1.68. The van der Waals surface area contributed by atoms with E-state index >= 15 is 0 Å². The first kappa shape index (κ1) is 24.1. The molecule has 32 heavy (non-hydrogen) atoms.